The highest BCUT2D eigenvalue weighted by molar-refractivity contribution is 6.35. The number of halogens is 1. The van der Waals surface area contributed by atoms with Crippen LogP contribution < -0.4 is 9.47 Å². The molecule has 64 heavy (non-hydrogen) atoms. The Hall–Kier alpha value is -6.38. The van der Waals surface area contributed by atoms with E-state index in [4.69, 9.17) is 30.9 Å². The van der Waals surface area contributed by atoms with Crippen molar-refractivity contribution in [2.45, 2.75) is 66.5 Å². The molecule has 1 amide bonds. The fraction of sp³-hybridized carbons (Fsp3) is 0.367. The summed E-state index contributed by atoms with van der Waals surface area (Å²) < 4.78 is 22.3. The van der Waals surface area contributed by atoms with Crippen molar-refractivity contribution in [2.24, 2.45) is 7.05 Å². The first-order valence-electron chi connectivity index (χ1n) is 21.6. The number of aromatic carboxylic acids is 1. The smallest absolute Gasteiger partial charge is 0.355 e. The van der Waals surface area contributed by atoms with E-state index in [2.05, 4.69) is 37.6 Å². The largest absolute Gasteiger partial charge is 0.493 e. The van der Waals surface area contributed by atoms with Crippen molar-refractivity contribution < 1.29 is 33.7 Å². The second kappa shape index (κ2) is 18.0. The van der Waals surface area contributed by atoms with E-state index in [-0.39, 0.29) is 23.8 Å². The van der Waals surface area contributed by atoms with Crippen molar-refractivity contribution in [1.82, 2.24) is 34.1 Å². The molecule has 8 rings (SSSR count). The maximum absolute atomic E-state index is 14.6. The number of amides is 1. The molecule has 0 saturated carbocycles. The zero-order valence-corrected chi connectivity index (χ0v) is 38.1. The molecule has 0 radical (unpaired) electrons. The Morgan fingerprint density at radius 3 is 2.36 bits per heavy atom. The maximum Gasteiger partial charge on any atom is 0.355 e. The third kappa shape index (κ3) is 9.02. The van der Waals surface area contributed by atoms with E-state index in [1.54, 1.807) is 17.9 Å². The number of aromatic nitrogens is 5. The fourth-order valence-electron chi connectivity index (χ4n) is 8.81. The quantitative estimate of drug-likeness (QED) is 0.0802. The first kappa shape index (κ1) is 44.2. The first-order chi connectivity index (χ1) is 30.6. The molecule has 4 aromatic carbocycles. The molecule has 1 fully saturated rings. The van der Waals surface area contributed by atoms with Crippen LogP contribution in [-0.2, 0) is 29.5 Å². The maximum atomic E-state index is 14.6. The van der Waals surface area contributed by atoms with Gasteiger partial charge in [0.2, 0.25) is 0 Å². The first-order valence-corrected chi connectivity index (χ1v) is 22.0. The lowest BCUT2D eigenvalue weighted by Crippen LogP contribution is -2.50. The van der Waals surface area contributed by atoms with Crippen LogP contribution in [0.4, 0.5) is 0 Å². The number of nitrogens with zero attached hydrogens (tertiary/aromatic N) is 6. The summed E-state index contributed by atoms with van der Waals surface area (Å²) in [7, 11) is 1.92. The Kier molecular flexibility index (Phi) is 12.4. The van der Waals surface area contributed by atoms with Gasteiger partial charge in [0.15, 0.2) is 6.61 Å². The number of hydrogen-bond acceptors (Lipinski definition) is 9. The van der Waals surface area contributed by atoms with Crippen molar-refractivity contribution in [3.8, 4) is 22.6 Å². The Morgan fingerprint density at radius 1 is 0.891 bits per heavy atom. The van der Waals surface area contributed by atoms with Crippen LogP contribution in [0.2, 0.25) is 5.02 Å². The summed E-state index contributed by atoms with van der Waals surface area (Å²) in [6.45, 7) is 14.7. The molecule has 0 atom stereocenters. The molecule has 14 nitrogen and oxygen atoms in total. The molecule has 0 aliphatic carbocycles. The third-order valence-electron chi connectivity index (χ3n) is 11.8. The number of fused-ring (bicyclic) bond motifs is 3. The van der Waals surface area contributed by atoms with E-state index in [0.29, 0.717) is 86.3 Å². The molecule has 7 aromatic rings. The van der Waals surface area contributed by atoms with Crippen LogP contribution in [0.1, 0.15) is 70.8 Å². The van der Waals surface area contributed by atoms with Gasteiger partial charge in [-0.2, -0.15) is 5.10 Å². The van der Waals surface area contributed by atoms with Crippen molar-refractivity contribution in [2.75, 3.05) is 45.9 Å². The van der Waals surface area contributed by atoms with Crippen LogP contribution in [0.3, 0.4) is 0 Å². The third-order valence-corrected chi connectivity index (χ3v) is 12.2. The summed E-state index contributed by atoms with van der Waals surface area (Å²) in [4.78, 5) is 51.3. The summed E-state index contributed by atoms with van der Waals surface area (Å²) in [5, 5.41) is 18.1. The summed E-state index contributed by atoms with van der Waals surface area (Å²) in [5.41, 5.74) is 5.84. The number of carbonyl (C=O) groups excluding carboxylic acids is 2. The van der Waals surface area contributed by atoms with Crippen molar-refractivity contribution in [3.63, 3.8) is 0 Å². The van der Waals surface area contributed by atoms with E-state index in [0.717, 1.165) is 55.5 Å². The highest BCUT2D eigenvalue weighted by Gasteiger charge is 2.31. The molecule has 1 aliphatic heterocycles. The lowest BCUT2D eigenvalue weighted by atomic mass is 9.98. The molecule has 334 valence electrons. The van der Waals surface area contributed by atoms with Gasteiger partial charge in [0.05, 0.1) is 33.9 Å². The second-order valence-corrected chi connectivity index (χ2v) is 17.8. The van der Waals surface area contributed by atoms with Gasteiger partial charge in [-0.1, -0.05) is 54.1 Å². The molecule has 0 unspecified atom stereocenters. The zero-order valence-electron chi connectivity index (χ0n) is 37.4. The molecule has 1 saturated heterocycles. The van der Waals surface area contributed by atoms with E-state index in [1.807, 2.05) is 82.7 Å². The highest BCUT2D eigenvalue weighted by Crippen LogP contribution is 2.42. The number of ether oxygens (including phenoxy) is 3. The molecule has 4 heterocycles. The van der Waals surface area contributed by atoms with Gasteiger partial charge in [0.25, 0.3) is 5.91 Å². The monoisotopic (exact) mass is 887 g/mol. The van der Waals surface area contributed by atoms with Crippen LogP contribution in [0.25, 0.3) is 43.8 Å². The van der Waals surface area contributed by atoms with Crippen LogP contribution >= 0.6 is 11.6 Å². The van der Waals surface area contributed by atoms with Gasteiger partial charge in [0, 0.05) is 80.0 Å². The number of aromatic amines is 1. The Bertz CT molecular complexity index is 2910. The van der Waals surface area contributed by atoms with E-state index < -0.39 is 17.5 Å². The summed E-state index contributed by atoms with van der Waals surface area (Å²) >= 11 is 7.19. The molecule has 15 heteroatoms. The molecule has 3 aromatic heterocycles. The van der Waals surface area contributed by atoms with Crippen LogP contribution in [0.15, 0.2) is 66.7 Å². The van der Waals surface area contributed by atoms with Crippen LogP contribution in [0.5, 0.6) is 11.5 Å². The lowest BCUT2D eigenvalue weighted by Gasteiger charge is -2.35. The zero-order chi connectivity index (χ0) is 45.4. The minimum absolute atomic E-state index is 0.00123. The van der Waals surface area contributed by atoms with Gasteiger partial charge >= 0.3 is 11.9 Å². The van der Waals surface area contributed by atoms with Crippen molar-refractivity contribution in [1.29, 1.82) is 0 Å². The number of nitrogens with one attached hydrogen (secondary N) is 1. The normalized spacial score (nSPS) is 13.6. The topological polar surface area (TPSA) is 157 Å². The average molecular weight is 888 g/mol. The average Bonchev–Trinajstić information content (AvgIpc) is 3.87. The Morgan fingerprint density at radius 2 is 1.64 bits per heavy atom. The van der Waals surface area contributed by atoms with Crippen LogP contribution in [0, 0.1) is 20.8 Å². The lowest BCUT2D eigenvalue weighted by molar-refractivity contribution is -0.135. The van der Waals surface area contributed by atoms with Crippen molar-refractivity contribution >= 4 is 62.2 Å². The molecular weight excluding hydrogens is 834 g/mol. The fourth-order valence-corrected chi connectivity index (χ4v) is 9.06. The highest BCUT2D eigenvalue weighted by atomic mass is 35.5. The van der Waals surface area contributed by atoms with E-state index >= 15 is 0 Å². The standard InChI is InChI=1S/C49H54ClN7O7/c1-29-42(30(2)54(7)53-29)43-38(50)18-17-36-35(15-11-25-62-40-16-10-13-32-12-8-9-14-34(32)40)46(48(61)64-49(4,5)6)57(45(36)43)24-21-55-19-22-56(23-20-55)41(58)28-63-33-26-37(47(59)60)44-39(27-33)51-31(3)52-44/h8-10,12-14,16-18,26-27H,11,15,19-25,28H2,1-7H3,(H,51,52)(H,59,60). The number of imidazole rings is 1. The number of carboxylic acid groups (broad SMARTS) is 1. The number of piperazine rings is 1. The second-order valence-electron chi connectivity index (χ2n) is 17.4. The molecule has 1 aliphatic rings. The SMILES string of the molecule is Cc1nc2c(C(=O)O)cc(OCC(=O)N3CCN(CCn4c(C(=O)OC(C)(C)C)c(CCCOc5cccc6ccccc56)c5ccc(Cl)c(-c6c(C)nn(C)c6C)c54)CC3)cc2[nH]1. The Labute approximate surface area is 376 Å². The number of carbonyl (C=O) groups is 3. The van der Waals surface area contributed by atoms with Gasteiger partial charge in [-0.25, -0.2) is 14.6 Å². The molecular formula is C49H54ClN7O7. The summed E-state index contributed by atoms with van der Waals surface area (Å²) in [6, 6.07) is 21.2. The van der Waals surface area contributed by atoms with Crippen LogP contribution in [-0.4, -0.2) is 109 Å². The number of carboxylic acids is 1. The number of hydrogen-bond donors (Lipinski definition) is 2. The Balaban J connectivity index is 1.05. The number of H-pyrrole nitrogens is 1. The molecule has 0 bridgehead atoms. The molecule has 0 spiro atoms. The van der Waals surface area contributed by atoms with Gasteiger partial charge in [-0.3, -0.25) is 14.4 Å². The number of benzene rings is 4. The van der Waals surface area contributed by atoms with Gasteiger partial charge in [-0.05, 0) is 83.5 Å². The van der Waals surface area contributed by atoms with Gasteiger partial charge in [0.1, 0.15) is 34.1 Å². The van der Waals surface area contributed by atoms with Gasteiger partial charge < -0.3 is 33.8 Å². The van der Waals surface area contributed by atoms with E-state index in [9.17, 15) is 19.5 Å². The summed E-state index contributed by atoms with van der Waals surface area (Å²) in [5.74, 6) is -0.0736. The number of rotatable bonds is 14. The predicted molar refractivity (Wildman–Crippen MR) is 248 cm³/mol. The minimum Gasteiger partial charge on any atom is -0.493 e. The predicted octanol–water partition coefficient (Wildman–Crippen LogP) is 8.54. The molecule has 2 N–H and O–H groups in total. The minimum atomic E-state index is -1.13. The van der Waals surface area contributed by atoms with E-state index in [1.165, 1.54) is 6.07 Å². The number of aryl methyl sites for hydroxylation is 4. The van der Waals surface area contributed by atoms with Gasteiger partial charge in [-0.15, -0.1) is 0 Å². The van der Waals surface area contributed by atoms with Crippen molar-refractivity contribution in [3.05, 3.63) is 106 Å². The summed E-state index contributed by atoms with van der Waals surface area (Å²) in [6.07, 6.45) is 1.18. The number of esters is 1.